The van der Waals surface area contributed by atoms with E-state index in [1.54, 1.807) is 6.92 Å². The fourth-order valence-electron chi connectivity index (χ4n) is 4.34. The minimum absolute atomic E-state index is 0.0509. The average Bonchev–Trinajstić information content (AvgIpc) is 3.46. The normalized spacial score (nSPS) is 16.5. The fraction of sp³-hybridized carbons (Fsp3) is 0.259. The summed E-state index contributed by atoms with van der Waals surface area (Å²) in [5.41, 5.74) is 3.22. The molecule has 0 radical (unpaired) electrons. The zero-order valence-corrected chi connectivity index (χ0v) is 21.8. The second kappa shape index (κ2) is 8.39. The van der Waals surface area contributed by atoms with Gasteiger partial charge in [-0.1, -0.05) is 68.5 Å². The number of aliphatic hydroxyl groups is 1. The van der Waals surface area contributed by atoms with Crippen molar-refractivity contribution in [1.82, 2.24) is 9.97 Å². The maximum atomic E-state index is 13.8. The van der Waals surface area contributed by atoms with Gasteiger partial charge in [-0.2, -0.15) is 0 Å². The van der Waals surface area contributed by atoms with Crippen LogP contribution in [0.25, 0.3) is 10.2 Å². The molecule has 1 N–H and O–H groups in total. The van der Waals surface area contributed by atoms with E-state index in [1.165, 1.54) is 27.6 Å². The largest absolute Gasteiger partial charge is 0.503 e. The molecule has 4 aromatic rings. The molecule has 0 fully saturated rings. The first-order chi connectivity index (χ1) is 16.6. The number of Topliss-reactive ketones (excluding diaryl/α,β-unsaturated/α-hetero) is 1. The molecule has 3 heterocycles. The van der Waals surface area contributed by atoms with Crippen LogP contribution in [0, 0.1) is 13.8 Å². The molecule has 1 aliphatic rings. The van der Waals surface area contributed by atoms with Gasteiger partial charge in [0.05, 0.1) is 37.4 Å². The maximum absolute atomic E-state index is 13.8. The Balaban J connectivity index is 1.68. The van der Waals surface area contributed by atoms with Crippen molar-refractivity contribution in [2.24, 2.45) is 0 Å². The molecule has 1 amide bonds. The Labute approximate surface area is 211 Å². The summed E-state index contributed by atoms with van der Waals surface area (Å²) in [6.45, 7) is 9.99. The summed E-state index contributed by atoms with van der Waals surface area (Å²) in [6.07, 6.45) is 0. The highest BCUT2D eigenvalue weighted by Crippen LogP contribution is 2.45. The number of aryl methyl sites for hydroxylation is 2. The summed E-state index contributed by atoms with van der Waals surface area (Å²) in [4.78, 5) is 38.1. The van der Waals surface area contributed by atoms with Gasteiger partial charge in [0.25, 0.3) is 5.91 Å². The van der Waals surface area contributed by atoms with Crippen LogP contribution in [0.2, 0.25) is 0 Å². The Bertz CT molecular complexity index is 1470. The predicted octanol–water partition coefficient (Wildman–Crippen LogP) is 6.45. The van der Waals surface area contributed by atoms with Crippen LogP contribution in [0.5, 0.6) is 0 Å². The quantitative estimate of drug-likeness (QED) is 0.324. The number of fused-ring (bicyclic) bond motifs is 1. The maximum Gasteiger partial charge on any atom is 0.296 e. The summed E-state index contributed by atoms with van der Waals surface area (Å²) in [6, 6.07) is 14.7. The van der Waals surface area contributed by atoms with E-state index in [1.807, 2.05) is 55.5 Å². The Morgan fingerprint density at radius 2 is 1.69 bits per heavy atom. The summed E-state index contributed by atoms with van der Waals surface area (Å²) in [5.74, 6) is -1.55. The summed E-state index contributed by atoms with van der Waals surface area (Å²) >= 11 is 2.63. The number of hydrogen-bond acceptors (Lipinski definition) is 7. The van der Waals surface area contributed by atoms with Gasteiger partial charge in [-0.15, -0.1) is 11.3 Å². The SMILES string of the molecule is Cc1nc(C)c(C(=O)C2=C(O)C(=O)N(c3nc4ccccc4s3)C2c2ccc(C(C)(C)C)cc2)s1. The van der Waals surface area contributed by atoms with Gasteiger partial charge < -0.3 is 5.11 Å². The third kappa shape index (κ3) is 3.96. The van der Waals surface area contributed by atoms with Crippen LogP contribution in [0.3, 0.4) is 0 Å². The molecule has 0 aliphatic carbocycles. The Hall–Kier alpha value is -3.36. The lowest BCUT2D eigenvalue weighted by atomic mass is 9.85. The van der Waals surface area contributed by atoms with E-state index in [4.69, 9.17) is 0 Å². The van der Waals surface area contributed by atoms with Crippen molar-refractivity contribution < 1.29 is 14.7 Å². The number of hydrogen-bond donors (Lipinski definition) is 1. The van der Waals surface area contributed by atoms with E-state index in [2.05, 4.69) is 30.7 Å². The molecule has 1 aliphatic heterocycles. The second-order valence-corrected chi connectivity index (χ2v) is 11.9. The zero-order valence-electron chi connectivity index (χ0n) is 20.1. The molecule has 1 unspecified atom stereocenters. The van der Waals surface area contributed by atoms with E-state index in [-0.39, 0.29) is 16.8 Å². The number of anilines is 1. The molecule has 0 spiro atoms. The number of carbonyl (C=O) groups excluding carboxylic acids is 2. The van der Waals surface area contributed by atoms with Crippen molar-refractivity contribution in [2.45, 2.75) is 46.1 Å². The Morgan fingerprint density at radius 3 is 2.29 bits per heavy atom. The minimum atomic E-state index is -0.800. The van der Waals surface area contributed by atoms with Crippen molar-refractivity contribution in [3.8, 4) is 0 Å². The first-order valence-electron chi connectivity index (χ1n) is 11.3. The van der Waals surface area contributed by atoms with Crippen LogP contribution in [0.15, 0.2) is 59.9 Å². The Kier molecular flexibility index (Phi) is 5.61. The lowest BCUT2D eigenvalue weighted by Crippen LogP contribution is -2.31. The molecule has 8 heteroatoms. The number of nitrogens with zero attached hydrogens (tertiary/aromatic N) is 3. The van der Waals surface area contributed by atoms with Gasteiger partial charge in [0.2, 0.25) is 5.78 Å². The van der Waals surface area contributed by atoms with E-state index >= 15 is 0 Å². The van der Waals surface area contributed by atoms with Crippen LogP contribution in [-0.2, 0) is 10.2 Å². The van der Waals surface area contributed by atoms with Crippen LogP contribution in [-0.4, -0.2) is 26.8 Å². The smallest absolute Gasteiger partial charge is 0.296 e. The summed E-state index contributed by atoms with van der Waals surface area (Å²) in [7, 11) is 0. The third-order valence-corrected chi connectivity index (χ3v) is 8.25. The highest BCUT2D eigenvalue weighted by Gasteiger charge is 2.46. The number of rotatable bonds is 4. The average molecular weight is 504 g/mol. The molecule has 5 rings (SSSR count). The first-order valence-corrected chi connectivity index (χ1v) is 12.9. The number of amides is 1. The molecular formula is C27H25N3O3S2. The highest BCUT2D eigenvalue weighted by atomic mass is 32.1. The van der Waals surface area contributed by atoms with Crippen molar-refractivity contribution in [3.63, 3.8) is 0 Å². The van der Waals surface area contributed by atoms with Gasteiger partial charge in [-0.3, -0.25) is 14.5 Å². The standard InChI is InChI=1S/C27H25N3O3S2/c1-14-24(34-15(2)28-14)22(31)20-21(16-10-12-17(13-11-16)27(3,4)5)30(25(33)23(20)32)26-29-18-8-6-7-9-19(18)35-26/h6-13,21,32H,1-5H3. The van der Waals surface area contributed by atoms with Gasteiger partial charge >= 0.3 is 0 Å². The predicted molar refractivity (Wildman–Crippen MR) is 141 cm³/mol. The number of aliphatic hydroxyl groups excluding tert-OH is 1. The molecule has 1 atom stereocenters. The van der Waals surface area contributed by atoms with Crippen molar-refractivity contribution in [3.05, 3.63) is 86.6 Å². The van der Waals surface area contributed by atoms with Crippen LogP contribution in [0.4, 0.5) is 5.13 Å². The van der Waals surface area contributed by atoms with Crippen molar-refractivity contribution >= 4 is 49.7 Å². The number of benzene rings is 2. The second-order valence-electron chi connectivity index (χ2n) is 9.65. The number of thiazole rings is 2. The summed E-state index contributed by atoms with van der Waals surface area (Å²) < 4.78 is 0.922. The minimum Gasteiger partial charge on any atom is -0.503 e. The number of para-hydroxylation sites is 1. The fourth-order valence-corrected chi connectivity index (χ4v) is 6.21. The molecular weight excluding hydrogens is 478 g/mol. The van der Waals surface area contributed by atoms with Crippen LogP contribution in [0.1, 0.15) is 58.3 Å². The molecule has 0 saturated carbocycles. The van der Waals surface area contributed by atoms with Gasteiger partial charge in [-0.25, -0.2) is 9.97 Å². The van der Waals surface area contributed by atoms with Gasteiger partial charge in [0.1, 0.15) is 0 Å². The summed E-state index contributed by atoms with van der Waals surface area (Å²) in [5, 5.41) is 12.2. The lowest BCUT2D eigenvalue weighted by Gasteiger charge is -2.26. The van der Waals surface area contributed by atoms with E-state index in [0.29, 0.717) is 15.7 Å². The van der Waals surface area contributed by atoms with E-state index in [9.17, 15) is 14.7 Å². The molecule has 0 bridgehead atoms. The van der Waals surface area contributed by atoms with E-state index in [0.717, 1.165) is 26.4 Å². The molecule has 178 valence electrons. The molecule has 2 aromatic heterocycles. The topological polar surface area (TPSA) is 83.4 Å². The number of ketones is 1. The van der Waals surface area contributed by atoms with Crippen molar-refractivity contribution in [2.75, 3.05) is 4.90 Å². The molecule has 0 saturated heterocycles. The number of aromatic nitrogens is 2. The highest BCUT2D eigenvalue weighted by molar-refractivity contribution is 7.22. The lowest BCUT2D eigenvalue weighted by molar-refractivity contribution is -0.117. The molecule has 2 aromatic carbocycles. The molecule has 6 nitrogen and oxygen atoms in total. The number of carbonyl (C=O) groups is 2. The van der Waals surface area contributed by atoms with Crippen LogP contribution < -0.4 is 4.90 Å². The van der Waals surface area contributed by atoms with E-state index < -0.39 is 17.7 Å². The monoisotopic (exact) mass is 503 g/mol. The van der Waals surface area contributed by atoms with Gasteiger partial charge in [0, 0.05) is 0 Å². The van der Waals surface area contributed by atoms with Crippen LogP contribution >= 0.6 is 22.7 Å². The first kappa shape index (κ1) is 23.4. The Morgan fingerprint density at radius 1 is 1.00 bits per heavy atom. The van der Waals surface area contributed by atoms with Gasteiger partial charge in [0.15, 0.2) is 10.9 Å². The van der Waals surface area contributed by atoms with Gasteiger partial charge in [-0.05, 0) is 42.5 Å². The third-order valence-electron chi connectivity index (χ3n) is 6.14. The zero-order chi connectivity index (χ0) is 25.1. The molecule has 35 heavy (non-hydrogen) atoms. The van der Waals surface area contributed by atoms with Crippen molar-refractivity contribution in [1.29, 1.82) is 0 Å².